The third-order valence-electron chi connectivity index (χ3n) is 16.1. The zero-order chi connectivity index (χ0) is 58.6. The molecule has 4 aliphatic rings. The summed E-state index contributed by atoms with van der Waals surface area (Å²) in [5.41, 5.74) is 2.33. The van der Waals surface area contributed by atoms with Crippen molar-refractivity contribution in [2.75, 3.05) is 49.1 Å². The van der Waals surface area contributed by atoms with Crippen LogP contribution >= 0.6 is 11.6 Å². The SMILES string of the molecule is C.Cc1cc(N2CCC(=O)C23CCN(C(=O)c2cc(-c4cccnc4)n(-c4cc(F)c(F)c(F)c4)n2)CC3)cc(C)c1F.O=C(c1cc(-c2cccnc2)n(-c2cc(F)c(F)c(F)c2)n1)N1CCC2(CC1)C(=O)CCN2c1ccc(F)c(Cl)c1. The van der Waals surface area contributed by atoms with Gasteiger partial charge in [0.15, 0.2) is 57.9 Å². The number of nitrogens with zero attached hydrogens (tertiary/aromatic N) is 10. The fourth-order valence-corrected chi connectivity index (χ4v) is 12.0. The van der Waals surface area contributed by atoms with Gasteiger partial charge in [0.1, 0.15) is 22.7 Å². The van der Waals surface area contributed by atoms with Gasteiger partial charge in [-0.3, -0.25) is 29.1 Å². The number of carbonyl (C=O) groups excluding carboxylic acids is 4. The minimum Gasteiger partial charge on any atom is -0.358 e. The number of carbonyl (C=O) groups is 4. The number of pyridine rings is 2. The number of hydrogen-bond donors (Lipinski definition) is 0. The molecule has 0 unspecified atom stereocenters. The molecule has 4 saturated heterocycles. The van der Waals surface area contributed by atoms with E-state index in [4.69, 9.17) is 11.6 Å². The van der Waals surface area contributed by atoms with E-state index in [0.717, 1.165) is 30.0 Å². The molecule has 434 valence electrons. The molecule has 8 aromatic rings. The average Bonchev–Trinajstić information content (AvgIpc) is 4.42. The number of rotatable bonds is 8. The van der Waals surface area contributed by atoms with Gasteiger partial charge in [0, 0.05) is 124 Å². The van der Waals surface area contributed by atoms with E-state index >= 15 is 0 Å². The summed E-state index contributed by atoms with van der Waals surface area (Å²) in [6, 6.07) is 20.8. The highest BCUT2D eigenvalue weighted by molar-refractivity contribution is 6.31. The Labute approximate surface area is 481 Å². The first kappa shape index (κ1) is 58.4. The number of hydrogen-bond acceptors (Lipinski definition) is 10. The lowest BCUT2D eigenvalue weighted by molar-refractivity contribution is -0.123. The van der Waals surface area contributed by atoms with Crippen molar-refractivity contribution in [3.63, 3.8) is 0 Å². The van der Waals surface area contributed by atoms with Gasteiger partial charge < -0.3 is 19.6 Å². The van der Waals surface area contributed by atoms with Gasteiger partial charge in [-0.15, -0.1) is 0 Å². The van der Waals surface area contributed by atoms with E-state index in [0.29, 0.717) is 90.9 Å². The fraction of sp³-hybridized carbons (Fsp3) is 0.279. The van der Waals surface area contributed by atoms with Crippen molar-refractivity contribution in [1.29, 1.82) is 0 Å². The molecule has 0 radical (unpaired) electrons. The summed E-state index contributed by atoms with van der Waals surface area (Å²) < 4.78 is 114. The Bertz CT molecular complexity index is 3820. The zero-order valence-electron chi connectivity index (χ0n) is 44.5. The van der Waals surface area contributed by atoms with Crippen molar-refractivity contribution in [2.45, 2.75) is 70.9 Å². The molecular weight excluding hydrogens is 1120 g/mol. The highest BCUT2D eigenvalue weighted by Crippen LogP contribution is 2.43. The molecule has 2 amide bonds. The normalized spacial score (nSPS) is 16.3. The molecular formula is C61H53ClF8N10O4. The first-order valence-corrected chi connectivity index (χ1v) is 26.9. The van der Waals surface area contributed by atoms with Gasteiger partial charge in [0.25, 0.3) is 11.8 Å². The first-order chi connectivity index (χ1) is 39.8. The van der Waals surface area contributed by atoms with Crippen molar-refractivity contribution >= 4 is 46.4 Å². The van der Waals surface area contributed by atoms with Crippen molar-refractivity contribution in [3.05, 3.63) is 190 Å². The first-order valence-electron chi connectivity index (χ1n) is 26.5. The minimum atomic E-state index is -1.61. The number of piperidine rings is 2. The van der Waals surface area contributed by atoms with Crippen LogP contribution in [0, 0.1) is 60.4 Å². The summed E-state index contributed by atoms with van der Waals surface area (Å²) in [7, 11) is 0. The highest BCUT2D eigenvalue weighted by atomic mass is 35.5. The summed E-state index contributed by atoms with van der Waals surface area (Å²) in [6.45, 7) is 5.40. The molecule has 2 spiro atoms. The van der Waals surface area contributed by atoms with Crippen LogP contribution in [0.15, 0.2) is 116 Å². The smallest absolute Gasteiger partial charge is 0.274 e. The predicted molar refractivity (Wildman–Crippen MR) is 297 cm³/mol. The molecule has 0 bridgehead atoms. The van der Waals surface area contributed by atoms with E-state index in [1.807, 2.05) is 9.80 Å². The number of halogens is 9. The van der Waals surface area contributed by atoms with Gasteiger partial charge in [-0.05, 0) is 117 Å². The summed E-state index contributed by atoms with van der Waals surface area (Å²) in [6.07, 6.45) is 8.28. The molecule has 0 N–H and O–H groups in total. The molecule has 4 aliphatic heterocycles. The zero-order valence-corrected chi connectivity index (χ0v) is 45.2. The summed E-state index contributed by atoms with van der Waals surface area (Å²) in [5.74, 6) is -10.3. The Morgan fingerprint density at radius 2 is 0.893 bits per heavy atom. The molecule has 0 aliphatic carbocycles. The largest absolute Gasteiger partial charge is 0.358 e. The molecule has 8 heterocycles. The molecule has 84 heavy (non-hydrogen) atoms. The van der Waals surface area contributed by atoms with Crippen molar-refractivity contribution < 1.29 is 54.3 Å². The lowest BCUT2D eigenvalue weighted by atomic mass is 9.83. The van der Waals surface area contributed by atoms with E-state index in [2.05, 4.69) is 20.2 Å². The molecule has 0 atom stereocenters. The second-order valence-electron chi connectivity index (χ2n) is 20.9. The highest BCUT2D eigenvalue weighted by Gasteiger charge is 2.52. The monoisotopic (exact) mass is 1180 g/mol. The number of amides is 2. The lowest BCUT2D eigenvalue weighted by Gasteiger charge is -2.44. The number of ketones is 2. The predicted octanol–water partition coefficient (Wildman–Crippen LogP) is 11.8. The third-order valence-corrected chi connectivity index (χ3v) is 16.4. The molecule has 23 heteroatoms. The Kier molecular flexibility index (Phi) is 16.1. The molecule has 4 aromatic carbocycles. The van der Waals surface area contributed by atoms with Gasteiger partial charge in [-0.2, -0.15) is 10.2 Å². The van der Waals surface area contributed by atoms with Gasteiger partial charge in [-0.1, -0.05) is 19.0 Å². The van der Waals surface area contributed by atoms with Gasteiger partial charge >= 0.3 is 0 Å². The van der Waals surface area contributed by atoms with Crippen LogP contribution in [0.5, 0.6) is 0 Å². The Morgan fingerprint density at radius 3 is 1.27 bits per heavy atom. The summed E-state index contributed by atoms with van der Waals surface area (Å²) in [5, 5.41) is 8.67. The number of anilines is 2. The van der Waals surface area contributed by atoms with Crippen LogP contribution in [0.1, 0.15) is 78.1 Å². The van der Waals surface area contributed by atoms with Gasteiger partial charge in [-0.25, -0.2) is 44.5 Å². The van der Waals surface area contributed by atoms with E-state index in [-0.39, 0.29) is 78.8 Å². The number of Topliss-reactive ketones (excluding diaryl/α,β-unsaturated/α-hetero) is 2. The van der Waals surface area contributed by atoms with Crippen LogP contribution in [-0.4, -0.2) is 113 Å². The van der Waals surface area contributed by atoms with Crippen LogP contribution in [-0.2, 0) is 9.59 Å². The van der Waals surface area contributed by atoms with E-state index in [1.165, 1.54) is 46.0 Å². The second-order valence-corrected chi connectivity index (χ2v) is 21.3. The van der Waals surface area contributed by atoms with Crippen molar-refractivity contribution in [2.24, 2.45) is 0 Å². The third kappa shape index (κ3) is 10.6. The van der Waals surface area contributed by atoms with Crippen molar-refractivity contribution in [1.82, 2.24) is 39.3 Å². The Hall–Kier alpha value is -8.79. The van der Waals surface area contributed by atoms with E-state index in [1.54, 1.807) is 78.5 Å². The van der Waals surface area contributed by atoms with Crippen LogP contribution < -0.4 is 9.80 Å². The molecule has 12 rings (SSSR count). The van der Waals surface area contributed by atoms with E-state index in [9.17, 15) is 54.3 Å². The second kappa shape index (κ2) is 23.1. The number of likely N-dealkylation sites (tertiary alicyclic amines) is 2. The molecule has 14 nitrogen and oxygen atoms in total. The lowest BCUT2D eigenvalue weighted by Crippen LogP contribution is -2.57. The average molecular weight is 1180 g/mol. The molecule has 4 fully saturated rings. The summed E-state index contributed by atoms with van der Waals surface area (Å²) in [4.78, 5) is 68.9. The minimum absolute atomic E-state index is 0. The Morgan fingerprint density at radius 1 is 0.488 bits per heavy atom. The molecule has 0 saturated carbocycles. The quantitative estimate of drug-likeness (QED) is 0.107. The van der Waals surface area contributed by atoms with Crippen LogP contribution in [0.2, 0.25) is 5.02 Å². The maximum absolute atomic E-state index is 14.3. The fourth-order valence-electron chi connectivity index (χ4n) is 11.8. The van der Waals surface area contributed by atoms with Gasteiger partial charge in [0.05, 0.1) is 27.8 Å². The van der Waals surface area contributed by atoms with E-state index < -0.39 is 63.6 Å². The maximum Gasteiger partial charge on any atom is 0.274 e. The van der Waals surface area contributed by atoms with Crippen molar-refractivity contribution in [3.8, 4) is 33.9 Å². The number of aromatic nitrogens is 6. The topological polar surface area (TPSA) is 143 Å². The summed E-state index contributed by atoms with van der Waals surface area (Å²) >= 11 is 6.00. The van der Waals surface area contributed by atoms with Crippen LogP contribution in [0.25, 0.3) is 33.9 Å². The number of benzene rings is 4. The standard InChI is InChI=1S/C31H27F4N5O2.C29H22ClF4N5O2.CH4/c1-18-12-21(13-19(2)28(18)34)39-9-5-27(41)31(39)6-10-38(11-7-31)30(42)25-16-26(20-4-3-8-36-17-20)40(37-25)22-14-23(32)29(35)24(33)15-22;30-20-12-18(3-4-21(20)31)38-9-5-26(40)29(38)6-10-37(11-7-29)28(41)24-15-25(17-2-1-8-35-16-17)39(36-24)19-13-22(32)27(34)23(33)14-19;/h3-4,8,12-17H,5-7,9-11H2,1-2H3;1-4,8,12-16H,5-7,9-11H2;1H4. The maximum atomic E-state index is 14.3. The van der Waals surface area contributed by atoms with Gasteiger partial charge in [0.2, 0.25) is 0 Å². The van der Waals surface area contributed by atoms with Crippen LogP contribution in [0.3, 0.4) is 0 Å². The number of aryl methyl sites for hydroxylation is 2. The molecule has 4 aromatic heterocycles. The van der Waals surface area contributed by atoms with Crippen LogP contribution in [0.4, 0.5) is 46.5 Å². The Balaban J connectivity index is 0.000000185.